The fourth-order valence-electron chi connectivity index (χ4n) is 3.17. The van der Waals surface area contributed by atoms with Gasteiger partial charge in [0.1, 0.15) is 18.8 Å². The Labute approximate surface area is 208 Å². The predicted octanol–water partition coefficient (Wildman–Crippen LogP) is 0.331. The number of esters is 5. The summed E-state index contributed by atoms with van der Waals surface area (Å²) in [5.74, 6) is -5.00. The minimum Gasteiger partial charge on any atom is -0.477 e. The van der Waals surface area contributed by atoms with Crippen molar-refractivity contribution in [3.8, 4) is 0 Å². The van der Waals surface area contributed by atoms with Crippen molar-refractivity contribution < 1.29 is 57.2 Å². The summed E-state index contributed by atoms with van der Waals surface area (Å²) in [7, 11) is 1.09. The molecule has 36 heavy (non-hydrogen) atoms. The van der Waals surface area contributed by atoms with E-state index in [1.165, 1.54) is 0 Å². The van der Waals surface area contributed by atoms with Gasteiger partial charge in [-0.05, 0) is 0 Å². The first-order valence-corrected chi connectivity index (χ1v) is 11.0. The van der Waals surface area contributed by atoms with Crippen molar-refractivity contribution in [2.24, 2.45) is 5.41 Å². The van der Waals surface area contributed by atoms with Gasteiger partial charge in [0, 0.05) is 39.2 Å². The Bertz CT molecular complexity index is 903. The lowest BCUT2D eigenvalue weighted by Crippen LogP contribution is -2.63. The van der Waals surface area contributed by atoms with Gasteiger partial charge in [-0.1, -0.05) is 20.8 Å². The molecular formula is C23H33NO12. The summed E-state index contributed by atoms with van der Waals surface area (Å²) < 4.78 is 31.4. The van der Waals surface area contributed by atoms with Crippen molar-refractivity contribution in [1.82, 2.24) is 5.32 Å². The summed E-state index contributed by atoms with van der Waals surface area (Å²) in [5, 5.41) is 2.69. The predicted molar refractivity (Wildman–Crippen MR) is 120 cm³/mol. The molecule has 0 aromatic rings. The molecule has 0 aromatic heterocycles. The number of carbonyl (C=O) groups is 6. The average molecular weight is 516 g/mol. The molecule has 1 amide bonds. The van der Waals surface area contributed by atoms with Gasteiger partial charge in [0.05, 0.1) is 7.11 Å². The van der Waals surface area contributed by atoms with Crippen LogP contribution in [0, 0.1) is 5.41 Å². The zero-order valence-corrected chi connectivity index (χ0v) is 21.6. The first kappa shape index (κ1) is 30.4. The number of methoxy groups -OCH3 is 1. The molecule has 5 atom stereocenters. The smallest absolute Gasteiger partial charge is 0.373 e. The molecule has 0 unspecified atom stereocenters. The maximum Gasteiger partial charge on any atom is 0.373 e. The van der Waals surface area contributed by atoms with Crippen molar-refractivity contribution in [3.63, 3.8) is 0 Å². The SMILES string of the molecule is COC(=O)C1=C[C@H](OC(C)=O)[C@@H](NC(=O)C(C)(C)C)[C@H]([C@H](OC(C)=O)[C@@H](COC(C)=O)OC(C)=O)O1. The van der Waals surface area contributed by atoms with Crippen LogP contribution in [0.4, 0.5) is 0 Å². The van der Waals surface area contributed by atoms with Crippen molar-refractivity contribution >= 4 is 35.8 Å². The second kappa shape index (κ2) is 12.9. The maximum absolute atomic E-state index is 12.9. The molecule has 0 saturated carbocycles. The molecule has 1 heterocycles. The van der Waals surface area contributed by atoms with E-state index in [-0.39, 0.29) is 0 Å². The van der Waals surface area contributed by atoms with Crippen LogP contribution in [-0.4, -0.2) is 79.9 Å². The first-order chi connectivity index (χ1) is 16.6. The third kappa shape index (κ3) is 9.19. The molecule has 13 nitrogen and oxygen atoms in total. The molecule has 202 valence electrons. The molecule has 0 aliphatic carbocycles. The van der Waals surface area contributed by atoms with E-state index in [4.69, 9.17) is 28.4 Å². The first-order valence-electron chi connectivity index (χ1n) is 11.0. The summed E-state index contributed by atoms with van der Waals surface area (Å²) in [6.45, 7) is 8.71. The van der Waals surface area contributed by atoms with Crippen LogP contribution in [0.15, 0.2) is 11.8 Å². The molecule has 1 aliphatic heterocycles. The molecule has 0 saturated heterocycles. The topological polar surface area (TPSA) is 170 Å². The van der Waals surface area contributed by atoms with Crippen LogP contribution in [0.3, 0.4) is 0 Å². The van der Waals surface area contributed by atoms with Crippen LogP contribution < -0.4 is 5.32 Å². The van der Waals surface area contributed by atoms with Gasteiger partial charge in [0.15, 0.2) is 18.3 Å². The molecule has 0 aromatic carbocycles. The molecule has 0 fully saturated rings. The van der Waals surface area contributed by atoms with Gasteiger partial charge in [0.2, 0.25) is 11.7 Å². The van der Waals surface area contributed by atoms with Crippen molar-refractivity contribution in [1.29, 1.82) is 0 Å². The maximum atomic E-state index is 12.9. The van der Waals surface area contributed by atoms with Crippen LogP contribution in [-0.2, 0) is 57.2 Å². The van der Waals surface area contributed by atoms with Gasteiger partial charge in [-0.3, -0.25) is 24.0 Å². The fraction of sp³-hybridized carbons (Fsp3) is 0.652. The molecule has 1 rings (SSSR count). The van der Waals surface area contributed by atoms with E-state index >= 15 is 0 Å². The van der Waals surface area contributed by atoms with E-state index in [2.05, 4.69) is 5.32 Å². The summed E-state index contributed by atoms with van der Waals surface area (Å²) in [6, 6.07) is -1.24. The number of hydrogen-bond acceptors (Lipinski definition) is 12. The molecule has 0 bridgehead atoms. The molecule has 0 spiro atoms. The highest BCUT2D eigenvalue weighted by atomic mass is 16.6. The second-order valence-electron chi connectivity index (χ2n) is 8.95. The van der Waals surface area contributed by atoms with E-state index < -0.39 is 84.0 Å². The lowest BCUT2D eigenvalue weighted by Gasteiger charge is -2.42. The second-order valence-corrected chi connectivity index (χ2v) is 8.95. The Morgan fingerprint density at radius 2 is 1.53 bits per heavy atom. The summed E-state index contributed by atoms with van der Waals surface area (Å²) >= 11 is 0. The fourth-order valence-corrected chi connectivity index (χ4v) is 3.17. The Kier molecular flexibility index (Phi) is 10.9. The van der Waals surface area contributed by atoms with E-state index in [0.29, 0.717) is 0 Å². The van der Waals surface area contributed by atoms with Gasteiger partial charge in [-0.15, -0.1) is 0 Å². The van der Waals surface area contributed by atoms with E-state index in [1.54, 1.807) is 20.8 Å². The van der Waals surface area contributed by atoms with Gasteiger partial charge in [-0.2, -0.15) is 0 Å². The molecule has 13 heteroatoms. The highest BCUT2D eigenvalue weighted by Crippen LogP contribution is 2.29. The zero-order chi connectivity index (χ0) is 27.8. The third-order valence-corrected chi connectivity index (χ3v) is 4.71. The standard InChI is InChI=1S/C23H33NO12/c1-11(25)32-10-17(34-13(3)27)19(35-14(4)28)20-18(24-22(30)23(5,6)7)15(33-12(2)26)9-16(36-20)21(29)31-8/h9,15,17-20H,10H2,1-8H3,(H,24,30)/t15-,17+,18+,19+,20+/m0/s1. The van der Waals surface area contributed by atoms with E-state index in [9.17, 15) is 28.8 Å². The zero-order valence-electron chi connectivity index (χ0n) is 21.6. The van der Waals surface area contributed by atoms with Gasteiger partial charge < -0.3 is 33.7 Å². The van der Waals surface area contributed by atoms with Crippen molar-refractivity contribution in [3.05, 3.63) is 11.8 Å². The monoisotopic (exact) mass is 515 g/mol. The number of ether oxygens (including phenoxy) is 6. The van der Waals surface area contributed by atoms with Crippen molar-refractivity contribution in [2.75, 3.05) is 13.7 Å². The Morgan fingerprint density at radius 1 is 0.944 bits per heavy atom. The third-order valence-electron chi connectivity index (χ3n) is 4.71. The summed E-state index contributed by atoms with van der Waals surface area (Å²) in [5.41, 5.74) is -0.915. The minimum atomic E-state index is -1.54. The van der Waals surface area contributed by atoms with E-state index in [1.807, 2.05) is 0 Å². The van der Waals surface area contributed by atoms with Crippen LogP contribution in [0.2, 0.25) is 0 Å². The van der Waals surface area contributed by atoms with Crippen LogP contribution in [0.25, 0.3) is 0 Å². The number of carbonyl (C=O) groups excluding carboxylic acids is 6. The number of amides is 1. The normalized spacial score (nSPS) is 20.9. The summed E-state index contributed by atoms with van der Waals surface area (Å²) in [6.07, 6.45) is -4.59. The van der Waals surface area contributed by atoms with Crippen LogP contribution in [0.1, 0.15) is 48.5 Å². The Balaban J connectivity index is 3.70. The highest BCUT2D eigenvalue weighted by Gasteiger charge is 2.49. The molecule has 1 aliphatic rings. The van der Waals surface area contributed by atoms with Gasteiger partial charge in [0.25, 0.3) is 0 Å². The quantitative estimate of drug-likeness (QED) is 0.330. The minimum absolute atomic E-state index is 0.416. The number of nitrogens with one attached hydrogen (secondary N) is 1. The van der Waals surface area contributed by atoms with Gasteiger partial charge >= 0.3 is 29.8 Å². The number of rotatable bonds is 9. The Hall–Kier alpha value is -3.64. The molecule has 1 N–H and O–H groups in total. The van der Waals surface area contributed by atoms with Crippen molar-refractivity contribution in [2.45, 2.75) is 78.9 Å². The molecular weight excluding hydrogens is 482 g/mol. The Morgan fingerprint density at radius 3 is 1.97 bits per heavy atom. The molecule has 0 radical (unpaired) electrons. The summed E-state index contributed by atoms with van der Waals surface area (Å²) in [4.78, 5) is 72.4. The largest absolute Gasteiger partial charge is 0.477 e. The van der Waals surface area contributed by atoms with Crippen LogP contribution >= 0.6 is 0 Å². The lowest BCUT2D eigenvalue weighted by molar-refractivity contribution is -0.192. The van der Waals surface area contributed by atoms with Crippen LogP contribution in [0.5, 0.6) is 0 Å². The van der Waals surface area contributed by atoms with Gasteiger partial charge in [-0.25, -0.2) is 4.79 Å². The number of hydrogen-bond donors (Lipinski definition) is 1. The highest BCUT2D eigenvalue weighted by molar-refractivity contribution is 5.87. The lowest BCUT2D eigenvalue weighted by atomic mass is 9.90. The van der Waals surface area contributed by atoms with E-state index in [0.717, 1.165) is 40.9 Å². The average Bonchev–Trinajstić information content (AvgIpc) is 2.73.